The van der Waals surface area contributed by atoms with Gasteiger partial charge in [-0.25, -0.2) is 0 Å². The Morgan fingerprint density at radius 3 is 1.93 bits per heavy atom. The van der Waals surface area contributed by atoms with E-state index in [1.807, 2.05) is 12.1 Å². The molecule has 0 aliphatic heterocycles. The van der Waals surface area contributed by atoms with Crippen molar-refractivity contribution in [3.63, 3.8) is 0 Å². The van der Waals surface area contributed by atoms with Gasteiger partial charge in [-0.3, -0.25) is 4.55 Å². The molecule has 0 bridgehead atoms. The van der Waals surface area contributed by atoms with E-state index in [-0.39, 0.29) is 42.8 Å². The zero-order chi connectivity index (χ0) is 20.2. The van der Waals surface area contributed by atoms with Crippen LogP contribution in [0.4, 0.5) is 0 Å². The van der Waals surface area contributed by atoms with Gasteiger partial charge in [0.15, 0.2) is 5.75 Å². The predicted octanol–water partition coefficient (Wildman–Crippen LogP) is 3.93. The molecule has 1 aromatic carbocycles. The Hall–Kier alpha value is -0.150. The van der Waals surface area contributed by atoms with E-state index >= 15 is 0 Å². The van der Waals surface area contributed by atoms with Gasteiger partial charge < -0.3 is 14.2 Å². The quantitative estimate of drug-likeness (QED) is 0.198. The molecule has 0 atom stereocenters. The third-order valence-corrected chi connectivity index (χ3v) is 4.82. The Kier molecular flexibility index (Phi) is 14.7. The molecule has 0 saturated heterocycles. The predicted molar refractivity (Wildman–Crippen MR) is 114 cm³/mol. The summed E-state index contributed by atoms with van der Waals surface area (Å²) in [5.41, 5.74) is 1.20. The van der Waals surface area contributed by atoms with Crippen molar-refractivity contribution >= 4 is 39.7 Å². The monoisotopic (exact) mass is 426 g/mol. The molecule has 1 N–H and O–H groups in total. The summed E-state index contributed by atoms with van der Waals surface area (Å²) in [5.74, 6) is -2.24. The molecule has 0 fully saturated rings. The van der Waals surface area contributed by atoms with Crippen LogP contribution in [0.1, 0.15) is 64.9 Å². The molecule has 0 saturated carbocycles. The van der Waals surface area contributed by atoms with E-state index in [9.17, 15) is 13.0 Å². The average Bonchev–Trinajstić information content (AvgIpc) is 2.58. The molecule has 0 aliphatic carbocycles. The van der Waals surface area contributed by atoms with Crippen LogP contribution in [0.15, 0.2) is 24.3 Å². The van der Waals surface area contributed by atoms with E-state index < -0.39 is 21.8 Å². The van der Waals surface area contributed by atoms with Crippen LogP contribution < -0.4 is 4.74 Å². The first-order valence-electron chi connectivity index (χ1n) is 9.85. The van der Waals surface area contributed by atoms with Gasteiger partial charge in [0, 0.05) is 0 Å². The van der Waals surface area contributed by atoms with E-state index in [1.165, 1.54) is 37.7 Å². The minimum absolute atomic E-state index is 0. The summed E-state index contributed by atoms with van der Waals surface area (Å²) in [5, 5.41) is 0. The molecular formula is C20H35NaO6S. The standard InChI is InChI=1S/C20H34O6S.Na.H/c1-4-7-8-9-10-11-12-18-13-15-19(16-14-18)26-20(24-5-2,25-6-3)17-27(21,22)23;;/h13-16H,4-12,17H2,1-3H3,(H,21,22,23);;. The van der Waals surface area contributed by atoms with E-state index in [0.717, 1.165) is 12.8 Å². The Balaban J connectivity index is 0.00000729. The van der Waals surface area contributed by atoms with Gasteiger partial charge in [0.1, 0.15) is 5.75 Å². The molecule has 6 nitrogen and oxygen atoms in total. The molecule has 158 valence electrons. The van der Waals surface area contributed by atoms with Crippen molar-refractivity contribution in [3.8, 4) is 5.75 Å². The molecule has 0 aromatic heterocycles. The van der Waals surface area contributed by atoms with E-state index in [1.54, 1.807) is 26.0 Å². The van der Waals surface area contributed by atoms with Crippen LogP contribution in [0, 0.1) is 0 Å². The fourth-order valence-electron chi connectivity index (χ4n) is 2.89. The van der Waals surface area contributed by atoms with Gasteiger partial charge in [0.05, 0.1) is 13.2 Å². The molecule has 0 aliphatic rings. The zero-order valence-electron chi connectivity index (χ0n) is 16.8. The third-order valence-electron chi connectivity index (χ3n) is 4.10. The fourth-order valence-corrected chi connectivity index (χ4v) is 3.56. The molecule has 0 unspecified atom stereocenters. The summed E-state index contributed by atoms with van der Waals surface area (Å²) >= 11 is 0. The van der Waals surface area contributed by atoms with Gasteiger partial charge in [-0.2, -0.15) is 8.42 Å². The summed E-state index contributed by atoms with van der Waals surface area (Å²) in [4.78, 5) is 0. The Morgan fingerprint density at radius 1 is 0.893 bits per heavy atom. The molecule has 0 amide bonds. The second-order valence-electron chi connectivity index (χ2n) is 6.54. The molecule has 1 rings (SSSR count). The van der Waals surface area contributed by atoms with Gasteiger partial charge in [-0.05, 0) is 44.4 Å². The number of rotatable bonds is 15. The first-order valence-corrected chi connectivity index (χ1v) is 11.5. The second kappa shape index (κ2) is 14.8. The van der Waals surface area contributed by atoms with Gasteiger partial charge in [-0.1, -0.05) is 51.2 Å². The topological polar surface area (TPSA) is 82.1 Å². The Bertz CT molecular complexity index is 612. The van der Waals surface area contributed by atoms with Gasteiger partial charge >= 0.3 is 35.5 Å². The van der Waals surface area contributed by atoms with Crippen molar-refractivity contribution in [2.75, 3.05) is 19.0 Å². The third kappa shape index (κ3) is 11.8. The van der Waals surface area contributed by atoms with Crippen molar-refractivity contribution in [1.82, 2.24) is 0 Å². The molecule has 0 spiro atoms. The van der Waals surface area contributed by atoms with Crippen LogP contribution in [0.5, 0.6) is 5.75 Å². The zero-order valence-corrected chi connectivity index (χ0v) is 17.6. The normalized spacial score (nSPS) is 11.9. The number of unbranched alkanes of at least 4 members (excludes halogenated alkanes) is 5. The van der Waals surface area contributed by atoms with Crippen molar-refractivity contribution in [2.45, 2.75) is 71.7 Å². The summed E-state index contributed by atoms with van der Waals surface area (Å²) in [6.45, 7) is 5.96. The van der Waals surface area contributed by atoms with Crippen LogP contribution in [-0.4, -0.2) is 67.5 Å². The van der Waals surface area contributed by atoms with E-state index in [4.69, 9.17) is 14.2 Å². The number of hydrogen-bond donors (Lipinski definition) is 1. The van der Waals surface area contributed by atoms with Gasteiger partial charge in [-0.15, -0.1) is 0 Å². The molecule has 0 heterocycles. The van der Waals surface area contributed by atoms with Crippen LogP contribution in [0.2, 0.25) is 0 Å². The Morgan fingerprint density at radius 2 is 1.43 bits per heavy atom. The first kappa shape index (κ1) is 27.8. The summed E-state index contributed by atoms with van der Waals surface area (Å²) in [7, 11) is -4.35. The average molecular weight is 427 g/mol. The first-order chi connectivity index (χ1) is 12.8. The molecule has 8 heteroatoms. The van der Waals surface area contributed by atoms with Gasteiger partial charge in [0.25, 0.3) is 10.1 Å². The fraction of sp³-hybridized carbons (Fsp3) is 0.700. The van der Waals surface area contributed by atoms with Crippen molar-refractivity contribution in [3.05, 3.63) is 29.8 Å². The Labute approximate surface area is 192 Å². The van der Waals surface area contributed by atoms with E-state index in [0.29, 0.717) is 5.75 Å². The van der Waals surface area contributed by atoms with E-state index in [2.05, 4.69) is 6.92 Å². The van der Waals surface area contributed by atoms with Crippen LogP contribution in [0.25, 0.3) is 0 Å². The van der Waals surface area contributed by atoms with Crippen molar-refractivity contribution in [1.29, 1.82) is 0 Å². The summed E-state index contributed by atoms with van der Waals surface area (Å²) < 4.78 is 48.5. The van der Waals surface area contributed by atoms with Crippen LogP contribution in [-0.2, 0) is 26.0 Å². The number of benzene rings is 1. The van der Waals surface area contributed by atoms with Crippen LogP contribution >= 0.6 is 0 Å². The molecule has 28 heavy (non-hydrogen) atoms. The molecule has 0 radical (unpaired) electrons. The number of aryl methyl sites for hydroxylation is 1. The number of ether oxygens (including phenoxy) is 3. The summed E-state index contributed by atoms with van der Waals surface area (Å²) in [6.07, 6.45) is 8.50. The molecule has 1 aromatic rings. The van der Waals surface area contributed by atoms with Gasteiger partial charge in [0.2, 0.25) is 0 Å². The van der Waals surface area contributed by atoms with Crippen molar-refractivity contribution < 1.29 is 27.2 Å². The minimum atomic E-state index is -4.35. The van der Waals surface area contributed by atoms with Crippen LogP contribution in [0.3, 0.4) is 0 Å². The van der Waals surface area contributed by atoms with Crippen molar-refractivity contribution in [2.24, 2.45) is 0 Å². The SMILES string of the molecule is CCCCCCCCc1ccc(OC(CS(=O)(=O)O)(OCC)OCC)cc1.[NaH]. The molecular weight excluding hydrogens is 391 g/mol. The maximum absolute atomic E-state index is 11.4. The number of hydrogen-bond acceptors (Lipinski definition) is 5. The maximum atomic E-state index is 11.4. The summed E-state index contributed by atoms with van der Waals surface area (Å²) in [6, 6.07) is 7.45. The second-order valence-corrected chi connectivity index (χ2v) is 7.99.